The summed E-state index contributed by atoms with van der Waals surface area (Å²) in [5, 5.41) is 1.43. The molecule has 0 N–H and O–H groups in total. The molecule has 0 saturated carbocycles. The fourth-order valence-electron chi connectivity index (χ4n) is 3.59. The van der Waals surface area contributed by atoms with Gasteiger partial charge in [0.25, 0.3) is 0 Å². The van der Waals surface area contributed by atoms with Gasteiger partial charge in [-0.05, 0) is 99.8 Å². The molecule has 0 aliphatic carbocycles. The van der Waals surface area contributed by atoms with E-state index in [1.54, 1.807) is 24.3 Å². The van der Waals surface area contributed by atoms with Gasteiger partial charge in [-0.1, -0.05) is 59.2 Å². The van der Waals surface area contributed by atoms with Crippen molar-refractivity contribution < 1.29 is 14.3 Å². The van der Waals surface area contributed by atoms with Crippen LogP contribution in [0.5, 0.6) is 5.75 Å². The molecule has 0 radical (unpaired) electrons. The molecule has 10 heteroatoms. The topological polar surface area (TPSA) is 42.0 Å². The molecule has 40 heavy (non-hydrogen) atoms. The van der Waals surface area contributed by atoms with E-state index in [0.717, 1.165) is 18.0 Å². The van der Waals surface area contributed by atoms with E-state index in [1.165, 1.54) is 26.5 Å². The summed E-state index contributed by atoms with van der Waals surface area (Å²) in [7, 11) is 8.04. The normalized spacial score (nSPS) is 12.3. The molecule has 4 rings (SSSR count). The number of fused-ring (bicyclic) bond motifs is 2. The third-order valence-electron chi connectivity index (χ3n) is 5.53. The molecule has 0 amide bonds. The van der Waals surface area contributed by atoms with E-state index in [2.05, 4.69) is 61.5 Å². The van der Waals surface area contributed by atoms with Crippen LogP contribution in [0.1, 0.15) is 17.5 Å². The lowest BCUT2D eigenvalue weighted by molar-refractivity contribution is -0.146. The summed E-state index contributed by atoms with van der Waals surface area (Å²) < 4.78 is 10.2. The van der Waals surface area contributed by atoms with E-state index in [1.807, 2.05) is 36.8 Å². The van der Waals surface area contributed by atoms with Gasteiger partial charge in [0, 0.05) is 32.9 Å². The maximum atomic E-state index is 11.3. The lowest BCUT2D eigenvalue weighted by Crippen LogP contribution is -2.22. The highest BCUT2D eigenvalue weighted by atomic mass is 35.5. The van der Waals surface area contributed by atoms with E-state index >= 15 is 0 Å². The molecule has 5 nitrogen and oxygen atoms in total. The minimum Gasteiger partial charge on any atom is -0.482 e. The molecule has 1 aliphatic heterocycles. The number of hydrogen-bond acceptors (Lipinski definition) is 6. The average Bonchev–Trinajstić information content (AvgIpc) is 2.88. The predicted molar refractivity (Wildman–Crippen MR) is 173 cm³/mol. The van der Waals surface area contributed by atoms with Gasteiger partial charge in [-0.3, -0.25) is 0 Å². The Hall–Kier alpha value is -1.90. The fourth-order valence-corrected chi connectivity index (χ4v) is 4.97. The van der Waals surface area contributed by atoms with Crippen molar-refractivity contribution in [1.82, 2.24) is 9.80 Å². The second kappa shape index (κ2) is 18.5. The zero-order valence-electron chi connectivity index (χ0n) is 23.1. The molecule has 0 aromatic heterocycles. The number of nitrogens with zero attached hydrogens (tertiary/aromatic N) is 2. The van der Waals surface area contributed by atoms with Gasteiger partial charge >= 0.3 is 5.97 Å². The second-order valence-corrected chi connectivity index (χ2v) is 11.2. The van der Waals surface area contributed by atoms with Gasteiger partial charge < -0.3 is 19.3 Å². The number of benzene rings is 3. The summed E-state index contributed by atoms with van der Waals surface area (Å²) in [6.45, 7) is 2.03. The lowest BCUT2D eigenvalue weighted by atomic mass is 9.96. The van der Waals surface area contributed by atoms with Gasteiger partial charge in [0.2, 0.25) is 0 Å². The lowest BCUT2D eigenvalue weighted by Gasteiger charge is -2.22. The molecule has 1 aliphatic rings. The van der Waals surface area contributed by atoms with Crippen LogP contribution in [-0.4, -0.2) is 70.3 Å². The standard InChI is InChI=1S/C18H18ClNS.C12H16ClNO3.2ClH/c1-20(2)11-5-7-14-15-6-3-4-8-17(15)21-18-10-9-13(19)12-16(14)18;1-14(2)7-8-16-12(15)9-17-11-5-3-10(13)4-6-11;;/h3-4,6-10,12H,5,11H2,1-2H3;3-6H,7-9H2,1-2H3;2*1H. The molecular formula is C30H36Cl4N2O3S. The van der Waals surface area contributed by atoms with Crippen LogP contribution in [0.3, 0.4) is 0 Å². The van der Waals surface area contributed by atoms with Gasteiger partial charge in [-0.2, -0.15) is 0 Å². The molecule has 3 aromatic rings. The third-order valence-corrected chi connectivity index (χ3v) is 7.16. The zero-order chi connectivity index (χ0) is 27.5. The highest BCUT2D eigenvalue weighted by Gasteiger charge is 2.20. The molecule has 0 bridgehead atoms. The Kier molecular flexibility index (Phi) is 16.7. The summed E-state index contributed by atoms with van der Waals surface area (Å²) in [6, 6.07) is 21.6. The average molecular weight is 647 g/mol. The molecule has 0 unspecified atom stereocenters. The van der Waals surface area contributed by atoms with Gasteiger partial charge in [0.15, 0.2) is 6.61 Å². The Morgan fingerprint density at radius 3 is 2.12 bits per heavy atom. The van der Waals surface area contributed by atoms with E-state index < -0.39 is 0 Å². The summed E-state index contributed by atoms with van der Waals surface area (Å²) in [5.41, 5.74) is 3.88. The van der Waals surface area contributed by atoms with Gasteiger partial charge in [0.1, 0.15) is 12.4 Å². The van der Waals surface area contributed by atoms with Crippen LogP contribution in [0.4, 0.5) is 0 Å². The van der Waals surface area contributed by atoms with Crippen molar-refractivity contribution in [2.45, 2.75) is 16.2 Å². The van der Waals surface area contributed by atoms with Crippen molar-refractivity contribution in [2.75, 3.05) is 54.5 Å². The Morgan fingerprint density at radius 1 is 0.825 bits per heavy atom. The summed E-state index contributed by atoms with van der Waals surface area (Å²) in [5.74, 6) is 0.223. The minimum atomic E-state index is -0.373. The zero-order valence-corrected chi connectivity index (χ0v) is 27.0. The summed E-state index contributed by atoms with van der Waals surface area (Å²) in [4.78, 5) is 18.0. The van der Waals surface area contributed by atoms with Crippen molar-refractivity contribution in [2.24, 2.45) is 0 Å². The number of rotatable bonds is 9. The minimum absolute atomic E-state index is 0. The molecule has 218 valence electrons. The number of ether oxygens (including phenoxy) is 2. The predicted octanol–water partition coefficient (Wildman–Crippen LogP) is 7.86. The van der Waals surface area contributed by atoms with E-state index in [4.69, 9.17) is 32.7 Å². The number of hydrogen-bond donors (Lipinski definition) is 0. The summed E-state index contributed by atoms with van der Waals surface area (Å²) in [6.07, 6.45) is 3.38. The van der Waals surface area contributed by atoms with Crippen LogP contribution in [0, 0.1) is 0 Å². The number of esters is 1. The molecule has 0 atom stereocenters. The smallest absolute Gasteiger partial charge is 0.344 e. The first-order valence-electron chi connectivity index (χ1n) is 12.3. The maximum absolute atomic E-state index is 11.3. The second-order valence-electron chi connectivity index (χ2n) is 9.21. The highest BCUT2D eigenvalue weighted by molar-refractivity contribution is 7.99. The molecular weight excluding hydrogens is 610 g/mol. The van der Waals surface area contributed by atoms with Crippen molar-refractivity contribution in [3.63, 3.8) is 0 Å². The van der Waals surface area contributed by atoms with Crippen LogP contribution in [0.15, 0.2) is 82.6 Å². The molecule has 1 heterocycles. The number of carbonyl (C=O) groups is 1. The van der Waals surface area contributed by atoms with Crippen LogP contribution in [-0.2, 0) is 9.53 Å². The SMILES string of the molecule is CN(C)CCC=C1c2ccccc2Sc2ccc(Cl)cc21.CN(C)CCOC(=O)COc1ccc(Cl)cc1.Cl.Cl. The van der Waals surface area contributed by atoms with Crippen LogP contribution < -0.4 is 4.74 Å². The van der Waals surface area contributed by atoms with Gasteiger partial charge in [-0.25, -0.2) is 4.79 Å². The van der Waals surface area contributed by atoms with Crippen molar-refractivity contribution in [3.8, 4) is 5.75 Å². The number of carbonyl (C=O) groups excluding carboxylic acids is 1. The van der Waals surface area contributed by atoms with Crippen LogP contribution >= 0.6 is 59.8 Å². The van der Waals surface area contributed by atoms with E-state index in [-0.39, 0.29) is 37.4 Å². The molecule has 0 spiro atoms. The fraction of sp³-hybridized carbons (Fsp3) is 0.300. The molecule has 0 saturated heterocycles. The Balaban J connectivity index is 0.000000390. The Bertz CT molecular complexity index is 1240. The highest BCUT2D eigenvalue weighted by Crippen LogP contribution is 2.46. The summed E-state index contributed by atoms with van der Waals surface area (Å²) >= 11 is 13.8. The Morgan fingerprint density at radius 2 is 1.45 bits per heavy atom. The largest absolute Gasteiger partial charge is 0.482 e. The van der Waals surface area contributed by atoms with E-state index in [9.17, 15) is 4.79 Å². The number of halogens is 4. The number of likely N-dealkylation sites (N-methyl/N-ethyl adjacent to an activating group) is 1. The maximum Gasteiger partial charge on any atom is 0.344 e. The van der Waals surface area contributed by atoms with Gasteiger partial charge in [-0.15, -0.1) is 24.8 Å². The first-order valence-corrected chi connectivity index (χ1v) is 13.9. The van der Waals surface area contributed by atoms with Crippen LogP contribution in [0.2, 0.25) is 10.0 Å². The first kappa shape index (κ1) is 36.1. The van der Waals surface area contributed by atoms with Crippen molar-refractivity contribution in [1.29, 1.82) is 0 Å². The molecule has 0 fully saturated rings. The van der Waals surface area contributed by atoms with Crippen molar-refractivity contribution in [3.05, 3.63) is 94.0 Å². The first-order chi connectivity index (χ1) is 18.2. The van der Waals surface area contributed by atoms with Gasteiger partial charge in [0.05, 0.1) is 0 Å². The molecule has 3 aromatic carbocycles. The van der Waals surface area contributed by atoms with Crippen molar-refractivity contribution >= 4 is 71.3 Å². The monoisotopic (exact) mass is 644 g/mol. The quantitative estimate of drug-likeness (QED) is 0.173. The third kappa shape index (κ3) is 11.9. The van der Waals surface area contributed by atoms with Crippen LogP contribution in [0.25, 0.3) is 5.57 Å². The van der Waals surface area contributed by atoms with E-state index in [0.29, 0.717) is 23.9 Å². The Labute approximate surface area is 264 Å².